The van der Waals surface area contributed by atoms with E-state index < -0.39 is 0 Å². The molecule has 30 heavy (non-hydrogen) atoms. The lowest BCUT2D eigenvalue weighted by Crippen LogP contribution is -2.32. The molecule has 2 heterocycles. The number of fused-ring (bicyclic) bond motifs is 1. The molecule has 0 aliphatic carbocycles. The van der Waals surface area contributed by atoms with Gasteiger partial charge >= 0.3 is 0 Å². The SMILES string of the molecule is Cc1ccc(CNC(=O)Cn2ccc3ccn(Cc4ccccc4C)c3c2=O)cc1. The van der Waals surface area contributed by atoms with E-state index in [1.807, 2.05) is 66.2 Å². The summed E-state index contributed by atoms with van der Waals surface area (Å²) < 4.78 is 3.43. The van der Waals surface area contributed by atoms with Gasteiger partial charge in [-0.3, -0.25) is 9.59 Å². The third-order valence-electron chi connectivity index (χ3n) is 5.42. The Morgan fingerprint density at radius 1 is 0.900 bits per heavy atom. The molecular formula is C25H25N3O2. The lowest BCUT2D eigenvalue weighted by Gasteiger charge is -2.11. The molecule has 0 radical (unpaired) electrons. The average molecular weight is 399 g/mol. The van der Waals surface area contributed by atoms with Crippen molar-refractivity contribution < 1.29 is 4.79 Å². The van der Waals surface area contributed by atoms with Gasteiger partial charge in [-0.2, -0.15) is 0 Å². The molecule has 4 rings (SSSR count). The standard InChI is InChI=1S/C25H25N3O2/c1-18-7-9-20(10-8-18)15-26-23(29)17-28-14-12-21-11-13-27(24(21)25(28)30)16-22-6-4-3-5-19(22)2/h3-14H,15-17H2,1-2H3,(H,26,29). The molecule has 2 aromatic carbocycles. The van der Waals surface area contributed by atoms with Crippen molar-refractivity contribution in [1.29, 1.82) is 0 Å². The summed E-state index contributed by atoms with van der Waals surface area (Å²) >= 11 is 0. The van der Waals surface area contributed by atoms with Crippen LogP contribution in [0.5, 0.6) is 0 Å². The zero-order valence-corrected chi connectivity index (χ0v) is 17.3. The van der Waals surface area contributed by atoms with Gasteiger partial charge in [0.05, 0.1) is 0 Å². The number of benzene rings is 2. The molecule has 0 saturated carbocycles. The van der Waals surface area contributed by atoms with Crippen molar-refractivity contribution in [3.8, 4) is 0 Å². The highest BCUT2D eigenvalue weighted by atomic mass is 16.2. The van der Waals surface area contributed by atoms with Crippen LogP contribution < -0.4 is 10.9 Å². The van der Waals surface area contributed by atoms with Gasteiger partial charge in [-0.25, -0.2) is 0 Å². The van der Waals surface area contributed by atoms with Crippen LogP contribution in [-0.4, -0.2) is 15.0 Å². The van der Waals surface area contributed by atoms with Crippen LogP contribution in [0.3, 0.4) is 0 Å². The van der Waals surface area contributed by atoms with Crippen LogP contribution >= 0.6 is 0 Å². The fourth-order valence-corrected chi connectivity index (χ4v) is 3.59. The van der Waals surface area contributed by atoms with Gasteiger partial charge in [0.1, 0.15) is 12.1 Å². The highest BCUT2D eigenvalue weighted by molar-refractivity contribution is 5.80. The first-order valence-corrected chi connectivity index (χ1v) is 10.1. The number of hydrogen-bond donors (Lipinski definition) is 1. The van der Waals surface area contributed by atoms with Gasteiger partial charge in [0.15, 0.2) is 0 Å². The third kappa shape index (κ3) is 4.20. The summed E-state index contributed by atoms with van der Waals surface area (Å²) in [6.07, 6.45) is 3.62. The summed E-state index contributed by atoms with van der Waals surface area (Å²) in [5.74, 6) is -0.186. The quantitative estimate of drug-likeness (QED) is 0.536. The summed E-state index contributed by atoms with van der Waals surface area (Å²) in [7, 11) is 0. The summed E-state index contributed by atoms with van der Waals surface area (Å²) in [4.78, 5) is 25.5. The zero-order chi connectivity index (χ0) is 21.1. The van der Waals surface area contributed by atoms with E-state index in [-0.39, 0.29) is 18.0 Å². The van der Waals surface area contributed by atoms with E-state index in [4.69, 9.17) is 0 Å². The van der Waals surface area contributed by atoms with Crippen molar-refractivity contribution in [3.63, 3.8) is 0 Å². The van der Waals surface area contributed by atoms with E-state index in [2.05, 4.69) is 24.4 Å². The molecule has 0 aliphatic rings. The van der Waals surface area contributed by atoms with Crippen LogP contribution in [0, 0.1) is 13.8 Å². The molecule has 0 atom stereocenters. The minimum Gasteiger partial charge on any atom is -0.350 e. The van der Waals surface area contributed by atoms with Crippen LogP contribution in [-0.2, 0) is 24.4 Å². The zero-order valence-electron chi connectivity index (χ0n) is 17.3. The monoisotopic (exact) mass is 399 g/mol. The second-order valence-corrected chi connectivity index (χ2v) is 7.69. The van der Waals surface area contributed by atoms with Crippen molar-refractivity contribution in [2.45, 2.75) is 33.5 Å². The average Bonchev–Trinajstić information content (AvgIpc) is 3.15. The molecule has 1 N–H and O–H groups in total. The Hall–Kier alpha value is -3.60. The third-order valence-corrected chi connectivity index (χ3v) is 5.42. The molecule has 5 heteroatoms. The number of rotatable bonds is 6. The van der Waals surface area contributed by atoms with Crippen molar-refractivity contribution in [1.82, 2.24) is 14.5 Å². The Balaban J connectivity index is 1.52. The summed E-state index contributed by atoms with van der Waals surface area (Å²) in [6.45, 7) is 5.16. The number of aryl methyl sites for hydroxylation is 2. The van der Waals surface area contributed by atoms with Crippen LogP contribution in [0.15, 0.2) is 77.9 Å². The molecule has 4 aromatic rings. The summed E-state index contributed by atoms with van der Waals surface area (Å²) in [5.41, 5.74) is 5.03. The van der Waals surface area contributed by atoms with E-state index in [9.17, 15) is 9.59 Å². The predicted molar refractivity (Wildman–Crippen MR) is 120 cm³/mol. The number of pyridine rings is 1. The molecule has 0 unspecified atom stereocenters. The van der Waals surface area contributed by atoms with Crippen molar-refractivity contribution in [3.05, 3.63) is 106 Å². The maximum atomic E-state index is 13.1. The highest BCUT2D eigenvalue weighted by Crippen LogP contribution is 2.16. The van der Waals surface area contributed by atoms with E-state index in [0.29, 0.717) is 18.6 Å². The molecule has 2 aromatic heterocycles. The molecule has 0 saturated heterocycles. The first-order valence-electron chi connectivity index (χ1n) is 10.1. The maximum Gasteiger partial charge on any atom is 0.275 e. The molecule has 5 nitrogen and oxygen atoms in total. The second kappa shape index (κ2) is 8.41. The van der Waals surface area contributed by atoms with Crippen LogP contribution in [0.25, 0.3) is 10.9 Å². The fraction of sp³-hybridized carbons (Fsp3) is 0.200. The molecule has 0 spiro atoms. The maximum absolute atomic E-state index is 13.1. The Bertz CT molecular complexity index is 1250. The van der Waals surface area contributed by atoms with Gasteiger partial charge in [0.2, 0.25) is 5.91 Å². The van der Waals surface area contributed by atoms with Gasteiger partial charge in [-0.15, -0.1) is 0 Å². The van der Waals surface area contributed by atoms with Crippen LogP contribution in [0.2, 0.25) is 0 Å². The number of carbonyl (C=O) groups is 1. The van der Waals surface area contributed by atoms with Gasteiger partial charge in [0.25, 0.3) is 5.56 Å². The largest absolute Gasteiger partial charge is 0.350 e. The van der Waals surface area contributed by atoms with Gasteiger partial charge in [-0.1, -0.05) is 54.1 Å². The number of nitrogens with one attached hydrogen (secondary N) is 1. The highest BCUT2D eigenvalue weighted by Gasteiger charge is 2.11. The van der Waals surface area contributed by atoms with Gasteiger partial charge in [-0.05, 0) is 42.7 Å². The minimum absolute atomic E-state index is 0.00379. The second-order valence-electron chi connectivity index (χ2n) is 7.69. The number of hydrogen-bond acceptors (Lipinski definition) is 2. The van der Waals surface area contributed by atoms with Crippen molar-refractivity contribution >= 4 is 16.8 Å². The Morgan fingerprint density at radius 3 is 2.33 bits per heavy atom. The smallest absolute Gasteiger partial charge is 0.275 e. The Kier molecular flexibility index (Phi) is 5.53. The number of nitrogens with zero attached hydrogens (tertiary/aromatic N) is 2. The van der Waals surface area contributed by atoms with Gasteiger partial charge in [0, 0.05) is 30.9 Å². The fourth-order valence-electron chi connectivity index (χ4n) is 3.59. The molecule has 152 valence electrons. The topological polar surface area (TPSA) is 56.0 Å². The first kappa shape index (κ1) is 19.7. The molecule has 0 bridgehead atoms. The van der Waals surface area contributed by atoms with E-state index in [1.54, 1.807) is 6.20 Å². The Labute approximate surface area is 175 Å². The molecule has 1 amide bonds. The van der Waals surface area contributed by atoms with E-state index >= 15 is 0 Å². The van der Waals surface area contributed by atoms with Crippen molar-refractivity contribution in [2.24, 2.45) is 0 Å². The summed E-state index contributed by atoms with van der Waals surface area (Å²) in [6, 6.07) is 20.0. The normalized spacial score (nSPS) is 11.0. The first-order chi connectivity index (χ1) is 14.5. The molecular weight excluding hydrogens is 374 g/mol. The predicted octanol–water partition coefficient (Wildman–Crippen LogP) is 3.78. The van der Waals surface area contributed by atoms with E-state index in [0.717, 1.165) is 10.9 Å². The number of amides is 1. The summed E-state index contributed by atoms with van der Waals surface area (Å²) in [5, 5.41) is 3.77. The number of aromatic nitrogens is 2. The lowest BCUT2D eigenvalue weighted by molar-refractivity contribution is -0.121. The van der Waals surface area contributed by atoms with Crippen LogP contribution in [0.4, 0.5) is 0 Å². The van der Waals surface area contributed by atoms with Crippen molar-refractivity contribution in [2.75, 3.05) is 0 Å². The van der Waals surface area contributed by atoms with E-state index in [1.165, 1.54) is 21.3 Å². The number of carbonyl (C=O) groups excluding carboxylic acids is 1. The lowest BCUT2D eigenvalue weighted by atomic mass is 10.1. The van der Waals surface area contributed by atoms with Gasteiger partial charge < -0.3 is 14.5 Å². The molecule has 0 aliphatic heterocycles. The molecule has 0 fully saturated rings. The van der Waals surface area contributed by atoms with Crippen LogP contribution in [0.1, 0.15) is 22.3 Å². The Morgan fingerprint density at radius 2 is 1.60 bits per heavy atom. The minimum atomic E-state index is -0.186.